The number of nitrogens with zero attached hydrogens (tertiary/aromatic N) is 1. The minimum Gasteiger partial charge on any atom is -0.319 e. The number of hydrogen-bond acceptors (Lipinski definition) is 3. The number of para-hydroxylation sites is 2. The molecule has 0 amide bonds. The van der Waals surface area contributed by atoms with E-state index in [-0.39, 0.29) is 16.3 Å². The van der Waals surface area contributed by atoms with Gasteiger partial charge in [-0.3, -0.25) is 9.59 Å². The van der Waals surface area contributed by atoms with Crippen molar-refractivity contribution < 1.29 is 4.79 Å². The molecule has 1 N–H and O–H groups in total. The number of carbonyl (C=O) groups is 1. The summed E-state index contributed by atoms with van der Waals surface area (Å²) >= 11 is 11.8. The minimum absolute atomic E-state index is 0.182. The molecular formula is C15H8Cl2N2O2. The number of rotatable bonds is 2. The summed E-state index contributed by atoms with van der Waals surface area (Å²) in [5.74, 6) is -0.538. The lowest BCUT2D eigenvalue weighted by Gasteiger charge is -2.04. The summed E-state index contributed by atoms with van der Waals surface area (Å²) in [5, 5.41) is 0.596. The van der Waals surface area contributed by atoms with E-state index in [2.05, 4.69) is 9.97 Å². The predicted octanol–water partition coefficient (Wildman–Crippen LogP) is 3.46. The lowest BCUT2D eigenvalue weighted by atomic mass is 10.1. The fourth-order valence-corrected chi connectivity index (χ4v) is 2.48. The normalized spacial score (nSPS) is 10.8. The molecule has 0 radical (unpaired) electrons. The Hall–Kier alpha value is -2.17. The smallest absolute Gasteiger partial charge is 0.278 e. The van der Waals surface area contributed by atoms with E-state index in [4.69, 9.17) is 23.2 Å². The van der Waals surface area contributed by atoms with Gasteiger partial charge in [-0.2, -0.15) is 0 Å². The van der Waals surface area contributed by atoms with E-state index >= 15 is 0 Å². The van der Waals surface area contributed by atoms with Gasteiger partial charge in [0.15, 0.2) is 5.69 Å². The first-order chi connectivity index (χ1) is 10.1. The van der Waals surface area contributed by atoms with Crippen molar-refractivity contribution in [2.75, 3.05) is 0 Å². The molecule has 0 atom stereocenters. The Kier molecular flexibility index (Phi) is 3.49. The summed E-state index contributed by atoms with van der Waals surface area (Å²) in [6.45, 7) is 0. The molecule has 6 heteroatoms. The first-order valence-electron chi connectivity index (χ1n) is 6.05. The summed E-state index contributed by atoms with van der Waals surface area (Å²) in [6, 6.07) is 11.4. The number of fused-ring (bicyclic) bond motifs is 1. The van der Waals surface area contributed by atoms with Gasteiger partial charge in [-0.15, -0.1) is 0 Å². The molecular weight excluding hydrogens is 311 g/mol. The van der Waals surface area contributed by atoms with Crippen LogP contribution in [0.5, 0.6) is 0 Å². The molecule has 1 aromatic heterocycles. The molecule has 0 aliphatic heterocycles. The number of aromatic amines is 1. The number of aromatic nitrogens is 2. The summed E-state index contributed by atoms with van der Waals surface area (Å²) in [4.78, 5) is 31.2. The van der Waals surface area contributed by atoms with Gasteiger partial charge >= 0.3 is 0 Å². The molecule has 0 aliphatic carbocycles. The zero-order chi connectivity index (χ0) is 15.0. The van der Waals surface area contributed by atoms with Crippen molar-refractivity contribution in [3.05, 3.63) is 74.1 Å². The third-order valence-corrected chi connectivity index (χ3v) is 3.54. The van der Waals surface area contributed by atoms with Crippen LogP contribution < -0.4 is 5.56 Å². The van der Waals surface area contributed by atoms with Crippen LogP contribution in [0.3, 0.4) is 0 Å². The van der Waals surface area contributed by atoms with Crippen molar-refractivity contribution in [3.63, 3.8) is 0 Å². The van der Waals surface area contributed by atoms with Crippen LogP contribution >= 0.6 is 23.2 Å². The second-order valence-electron chi connectivity index (χ2n) is 4.38. The fraction of sp³-hybridized carbons (Fsp3) is 0. The summed E-state index contributed by atoms with van der Waals surface area (Å²) in [5.41, 5.74) is 0.545. The van der Waals surface area contributed by atoms with Gasteiger partial charge in [0.25, 0.3) is 5.56 Å². The van der Waals surface area contributed by atoms with Crippen molar-refractivity contribution in [1.29, 1.82) is 0 Å². The van der Waals surface area contributed by atoms with Crippen LogP contribution in [0.4, 0.5) is 0 Å². The Bertz CT molecular complexity index is 919. The zero-order valence-electron chi connectivity index (χ0n) is 10.6. The van der Waals surface area contributed by atoms with Gasteiger partial charge in [0.1, 0.15) is 0 Å². The van der Waals surface area contributed by atoms with Crippen LogP contribution in [-0.4, -0.2) is 15.8 Å². The molecule has 2 aromatic carbocycles. The Labute approximate surface area is 129 Å². The largest absolute Gasteiger partial charge is 0.319 e. The highest BCUT2D eigenvalue weighted by atomic mass is 35.5. The molecule has 0 saturated carbocycles. The molecule has 3 aromatic rings. The molecule has 0 bridgehead atoms. The van der Waals surface area contributed by atoms with E-state index in [1.165, 1.54) is 18.2 Å². The van der Waals surface area contributed by atoms with Crippen LogP contribution in [-0.2, 0) is 0 Å². The van der Waals surface area contributed by atoms with Gasteiger partial charge in [-0.1, -0.05) is 35.3 Å². The third-order valence-electron chi connectivity index (χ3n) is 2.99. The molecule has 0 fully saturated rings. The molecule has 3 rings (SSSR count). The number of carbonyl (C=O) groups excluding carboxylic acids is 1. The predicted molar refractivity (Wildman–Crippen MR) is 82.3 cm³/mol. The van der Waals surface area contributed by atoms with Gasteiger partial charge < -0.3 is 4.98 Å². The van der Waals surface area contributed by atoms with Crippen LogP contribution in [0.15, 0.2) is 47.3 Å². The minimum atomic E-state index is -0.551. The highest BCUT2D eigenvalue weighted by Crippen LogP contribution is 2.22. The van der Waals surface area contributed by atoms with Crippen molar-refractivity contribution in [1.82, 2.24) is 9.97 Å². The van der Waals surface area contributed by atoms with E-state index < -0.39 is 11.3 Å². The number of H-pyrrole nitrogens is 1. The molecule has 104 valence electrons. The topological polar surface area (TPSA) is 62.8 Å². The first-order valence-corrected chi connectivity index (χ1v) is 6.80. The SMILES string of the molecule is O=C(c1ccc(Cl)cc1Cl)c1nc2ccccc2[nH]c1=O. The van der Waals surface area contributed by atoms with Crippen molar-refractivity contribution >= 4 is 40.0 Å². The van der Waals surface area contributed by atoms with Gasteiger partial charge in [0.05, 0.1) is 16.1 Å². The van der Waals surface area contributed by atoms with Crippen LogP contribution in [0.1, 0.15) is 16.1 Å². The van der Waals surface area contributed by atoms with Crippen molar-refractivity contribution in [2.24, 2.45) is 0 Å². The number of nitrogens with one attached hydrogen (secondary N) is 1. The lowest BCUT2D eigenvalue weighted by molar-refractivity contribution is 0.103. The second kappa shape index (κ2) is 5.31. The highest BCUT2D eigenvalue weighted by molar-refractivity contribution is 6.37. The van der Waals surface area contributed by atoms with E-state index in [1.54, 1.807) is 24.3 Å². The lowest BCUT2D eigenvalue weighted by Crippen LogP contribution is -2.21. The Morgan fingerprint density at radius 1 is 1.10 bits per heavy atom. The van der Waals surface area contributed by atoms with Gasteiger partial charge in [-0.05, 0) is 30.3 Å². The molecule has 0 unspecified atom stereocenters. The standard InChI is InChI=1S/C15H8Cl2N2O2/c16-8-5-6-9(10(17)7-8)14(20)13-15(21)19-12-4-2-1-3-11(12)18-13/h1-7H,(H,19,21). The molecule has 21 heavy (non-hydrogen) atoms. The van der Waals surface area contributed by atoms with Crippen LogP contribution in [0.25, 0.3) is 11.0 Å². The quantitative estimate of drug-likeness (QED) is 0.736. The van der Waals surface area contributed by atoms with Crippen LogP contribution in [0.2, 0.25) is 10.0 Å². The monoisotopic (exact) mass is 318 g/mol. The van der Waals surface area contributed by atoms with Crippen LogP contribution in [0, 0.1) is 0 Å². The number of ketones is 1. The highest BCUT2D eigenvalue weighted by Gasteiger charge is 2.18. The molecule has 4 nitrogen and oxygen atoms in total. The Balaban J connectivity index is 2.17. The Morgan fingerprint density at radius 3 is 2.62 bits per heavy atom. The molecule has 0 saturated heterocycles. The fourth-order valence-electron chi connectivity index (χ4n) is 1.98. The molecule has 1 heterocycles. The van der Waals surface area contributed by atoms with Gasteiger partial charge in [-0.25, -0.2) is 4.98 Å². The maximum atomic E-state index is 12.4. The maximum Gasteiger partial charge on any atom is 0.278 e. The van der Waals surface area contributed by atoms with E-state index in [1.807, 2.05) is 0 Å². The zero-order valence-corrected chi connectivity index (χ0v) is 12.1. The molecule has 0 spiro atoms. The first kappa shape index (κ1) is 13.8. The summed E-state index contributed by atoms with van der Waals surface area (Å²) in [7, 11) is 0. The van der Waals surface area contributed by atoms with E-state index in [0.717, 1.165) is 0 Å². The molecule has 0 aliphatic rings. The average molecular weight is 319 g/mol. The Morgan fingerprint density at radius 2 is 1.86 bits per heavy atom. The number of hydrogen-bond donors (Lipinski definition) is 1. The van der Waals surface area contributed by atoms with E-state index in [9.17, 15) is 9.59 Å². The van der Waals surface area contributed by atoms with Gasteiger partial charge in [0, 0.05) is 10.6 Å². The number of benzene rings is 2. The third kappa shape index (κ3) is 2.55. The average Bonchev–Trinajstić information content (AvgIpc) is 2.46. The van der Waals surface area contributed by atoms with Gasteiger partial charge in [0.2, 0.25) is 5.78 Å². The second-order valence-corrected chi connectivity index (χ2v) is 5.23. The summed E-state index contributed by atoms with van der Waals surface area (Å²) in [6.07, 6.45) is 0. The van der Waals surface area contributed by atoms with Crippen molar-refractivity contribution in [3.8, 4) is 0 Å². The van der Waals surface area contributed by atoms with E-state index in [0.29, 0.717) is 16.1 Å². The van der Waals surface area contributed by atoms with Crippen molar-refractivity contribution in [2.45, 2.75) is 0 Å². The maximum absolute atomic E-state index is 12.4. The number of halogens is 2. The summed E-state index contributed by atoms with van der Waals surface area (Å²) < 4.78 is 0.